The number of carbonyl (C=O) groups excluding carboxylic acids is 1. The van der Waals surface area contributed by atoms with Crippen molar-refractivity contribution in [2.45, 2.75) is 36.6 Å². The van der Waals surface area contributed by atoms with E-state index >= 15 is 0 Å². The molecule has 19 heavy (non-hydrogen) atoms. The topological polar surface area (TPSA) is 75.3 Å². The average molecular weight is 280 g/mol. The number of amides is 1. The molecule has 2 atom stereocenters. The lowest BCUT2D eigenvalue weighted by atomic mass is 10.0. The summed E-state index contributed by atoms with van der Waals surface area (Å²) >= 11 is 0. The van der Waals surface area contributed by atoms with E-state index in [1.165, 1.54) is 0 Å². The summed E-state index contributed by atoms with van der Waals surface area (Å²) in [6, 6.07) is 8.79. The monoisotopic (exact) mass is 280 g/mol. The van der Waals surface area contributed by atoms with Gasteiger partial charge < -0.3 is 5.32 Å². The predicted molar refractivity (Wildman–Crippen MR) is 70.8 cm³/mol. The standard InChI is InChI=1S/C13H16N2O3S/c16-12-8-11(15-19(17,18)10-6-7-10)13(14-12)9-4-2-1-3-5-9/h1-5,10-11,13,15H,6-8H2,(H,14,16)/t11-,13+/m1/s1. The van der Waals surface area contributed by atoms with E-state index in [1.807, 2.05) is 30.3 Å². The number of sulfonamides is 1. The van der Waals surface area contributed by atoms with Gasteiger partial charge in [-0.1, -0.05) is 30.3 Å². The third-order valence-corrected chi connectivity index (χ3v) is 5.54. The van der Waals surface area contributed by atoms with Gasteiger partial charge in [-0.05, 0) is 18.4 Å². The fraction of sp³-hybridized carbons (Fsp3) is 0.462. The van der Waals surface area contributed by atoms with Gasteiger partial charge in [0.1, 0.15) is 0 Å². The highest BCUT2D eigenvalue weighted by Crippen LogP contribution is 2.30. The van der Waals surface area contributed by atoms with Gasteiger partial charge in [-0.15, -0.1) is 0 Å². The van der Waals surface area contributed by atoms with Gasteiger partial charge in [0.2, 0.25) is 15.9 Å². The van der Waals surface area contributed by atoms with E-state index in [1.54, 1.807) is 0 Å². The Balaban J connectivity index is 1.81. The van der Waals surface area contributed by atoms with Crippen molar-refractivity contribution in [1.82, 2.24) is 10.0 Å². The van der Waals surface area contributed by atoms with Crippen LogP contribution in [0.1, 0.15) is 30.9 Å². The molecule has 0 aromatic heterocycles. The van der Waals surface area contributed by atoms with Crippen LogP contribution in [0.4, 0.5) is 0 Å². The highest BCUT2D eigenvalue weighted by atomic mass is 32.2. The van der Waals surface area contributed by atoms with Crippen molar-refractivity contribution in [3.63, 3.8) is 0 Å². The van der Waals surface area contributed by atoms with Crippen LogP contribution in [0.15, 0.2) is 30.3 Å². The third kappa shape index (κ3) is 2.64. The number of carbonyl (C=O) groups is 1. The van der Waals surface area contributed by atoms with Crippen LogP contribution in [0.5, 0.6) is 0 Å². The molecule has 2 N–H and O–H groups in total. The minimum absolute atomic E-state index is 0.114. The molecule has 0 spiro atoms. The SMILES string of the molecule is O=C1C[C@@H](NS(=O)(=O)C2CC2)[C@H](c2ccccc2)N1. The zero-order chi connectivity index (χ0) is 13.5. The van der Waals surface area contributed by atoms with Gasteiger partial charge in [0.05, 0.1) is 17.3 Å². The van der Waals surface area contributed by atoms with Crippen molar-refractivity contribution in [2.24, 2.45) is 0 Å². The minimum Gasteiger partial charge on any atom is -0.348 e. The van der Waals surface area contributed by atoms with Crippen molar-refractivity contribution in [3.05, 3.63) is 35.9 Å². The summed E-state index contributed by atoms with van der Waals surface area (Å²) in [7, 11) is -3.28. The first-order chi connectivity index (χ1) is 9.06. The van der Waals surface area contributed by atoms with E-state index in [2.05, 4.69) is 10.0 Å². The van der Waals surface area contributed by atoms with Crippen LogP contribution < -0.4 is 10.0 Å². The molecule has 1 aromatic carbocycles. The molecule has 1 heterocycles. The van der Waals surface area contributed by atoms with Crippen molar-refractivity contribution in [1.29, 1.82) is 0 Å². The lowest BCUT2D eigenvalue weighted by Gasteiger charge is -2.20. The quantitative estimate of drug-likeness (QED) is 0.852. The van der Waals surface area contributed by atoms with Gasteiger partial charge >= 0.3 is 0 Å². The van der Waals surface area contributed by atoms with Gasteiger partial charge in [-0.25, -0.2) is 13.1 Å². The molecule has 6 heteroatoms. The summed E-state index contributed by atoms with van der Waals surface area (Å²) < 4.78 is 26.6. The van der Waals surface area contributed by atoms with Gasteiger partial charge in [0, 0.05) is 6.42 Å². The molecule has 5 nitrogen and oxygen atoms in total. The summed E-state index contributed by atoms with van der Waals surface area (Å²) in [6.07, 6.45) is 1.64. The van der Waals surface area contributed by atoms with Crippen LogP contribution in [0.3, 0.4) is 0 Å². The molecule has 1 aliphatic carbocycles. The maximum atomic E-state index is 12.0. The normalized spacial score (nSPS) is 27.3. The Hall–Kier alpha value is -1.40. The molecule has 0 unspecified atom stereocenters. The van der Waals surface area contributed by atoms with Crippen molar-refractivity contribution < 1.29 is 13.2 Å². The molecule has 1 saturated heterocycles. The Morgan fingerprint density at radius 3 is 2.47 bits per heavy atom. The van der Waals surface area contributed by atoms with E-state index in [0.717, 1.165) is 18.4 Å². The van der Waals surface area contributed by atoms with Gasteiger partial charge in [-0.3, -0.25) is 4.79 Å². The lowest BCUT2D eigenvalue weighted by molar-refractivity contribution is -0.119. The zero-order valence-corrected chi connectivity index (χ0v) is 11.2. The fourth-order valence-corrected chi connectivity index (χ4v) is 4.01. The third-order valence-electron chi connectivity index (χ3n) is 3.56. The molecule has 1 amide bonds. The van der Waals surface area contributed by atoms with Crippen LogP contribution in [-0.4, -0.2) is 25.6 Å². The molecule has 3 rings (SSSR count). The minimum atomic E-state index is -3.28. The molecule has 2 fully saturated rings. The molecule has 1 aliphatic heterocycles. The molecular weight excluding hydrogens is 264 g/mol. The molecule has 1 aromatic rings. The predicted octanol–water partition coefficient (Wildman–Crippen LogP) is 0.698. The number of nitrogens with one attached hydrogen (secondary N) is 2. The number of hydrogen-bond acceptors (Lipinski definition) is 3. The van der Waals surface area contributed by atoms with E-state index in [4.69, 9.17) is 0 Å². The van der Waals surface area contributed by atoms with E-state index in [0.29, 0.717) is 0 Å². The van der Waals surface area contributed by atoms with Crippen LogP contribution in [0.2, 0.25) is 0 Å². The summed E-state index contributed by atoms with van der Waals surface area (Å²) in [5, 5.41) is 2.57. The molecule has 1 saturated carbocycles. The van der Waals surface area contributed by atoms with Gasteiger partial charge in [0.15, 0.2) is 0 Å². The van der Waals surface area contributed by atoms with Crippen LogP contribution in [0.25, 0.3) is 0 Å². The van der Waals surface area contributed by atoms with Crippen LogP contribution >= 0.6 is 0 Å². The van der Waals surface area contributed by atoms with Crippen LogP contribution in [0, 0.1) is 0 Å². The Kier molecular flexibility index (Phi) is 3.06. The Morgan fingerprint density at radius 1 is 1.16 bits per heavy atom. The molecule has 102 valence electrons. The number of rotatable bonds is 4. The first-order valence-corrected chi connectivity index (χ1v) is 7.96. The molecular formula is C13H16N2O3S. The average Bonchev–Trinajstić information content (AvgIpc) is 3.16. The van der Waals surface area contributed by atoms with E-state index < -0.39 is 10.0 Å². The summed E-state index contributed by atoms with van der Waals surface area (Å²) in [5.41, 5.74) is 0.928. The second kappa shape index (κ2) is 4.61. The maximum Gasteiger partial charge on any atom is 0.222 e. The second-order valence-electron chi connectivity index (χ2n) is 5.13. The highest BCUT2D eigenvalue weighted by Gasteiger charge is 2.41. The fourth-order valence-electron chi connectivity index (χ4n) is 2.42. The zero-order valence-electron chi connectivity index (χ0n) is 10.4. The second-order valence-corrected chi connectivity index (χ2v) is 7.12. The Labute approximate surface area is 112 Å². The lowest BCUT2D eigenvalue weighted by Crippen LogP contribution is -2.40. The molecule has 2 aliphatic rings. The first-order valence-electron chi connectivity index (χ1n) is 6.42. The van der Waals surface area contributed by atoms with Gasteiger partial charge in [0.25, 0.3) is 0 Å². The smallest absolute Gasteiger partial charge is 0.222 e. The van der Waals surface area contributed by atoms with E-state index in [9.17, 15) is 13.2 Å². The Morgan fingerprint density at radius 2 is 1.84 bits per heavy atom. The summed E-state index contributed by atoms with van der Waals surface area (Å²) in [4.78, 5) is 11.6. The van der Waals surface area contributed by atoms with Gasteiger partial charge in [-0.2, -0.15) is 0 Å². The van der Waals surface area contributed by atoms with Crippen molar-refractivity contribution in [3.8, 4) is 0 Å². The van der Waals surface area contributed by atoms with Crippen LogP contribution in [-0.2, 0) is 14.8 Å². The van der Waals surface area contributed by atoms with E-state index in [-0.39, 0.29) is 29.7 Å². The van der Waals surface area contributed by atoms with Crippen molar-refractivity contribution >= 4 is 15.9 Å². The Bertz CT molecular complexity index is 581. The number of hydrogen-bond donors (Lipinski definition) is 2. The summed E-state index contributed by atoms with van der Waals surface area (Å²) in [5.74, 6) is -0.114. The maximum absolute atomic E-state index is 12.0. The largest absolute Gasteiger partial charge is 0.348 e. The summed E-state index contributed by atoms with van der Waals surface area (Å²) in [6.45, 7) is 0. The number of benzene rings is 1. The molecule has 0 radical (unpaired) electrons. The van der Waals surface area contributed by atoms with Crippen molar-refractivity contribution in [2.75, 3.05) is 0 Å². The molecule has 0 bridgehead atoms. The highest BCUT2D eigenvalue weighted by molar-refractivity contribution is 7.90. The first kappa shape index (κ1) is 12.6.